The molecule has 2 aliphatic rings. The van der Waals surface area contributed by atoms with Gasteiger partial charge in [-0.2, -0.15) is 0 Å². The normalized spacial score (nSPS) is 25.0. The second-order valence-electron chi connectivity index (χ2n) is 12.5. The summed E-state index contributed by atoms with van der Waals surface area (Å²) in [5, 5.41) is 9.57. The van der Waals surface area contributed by atoms with Crippen LogP contribution in [0.1, 0.15) is 75.2 Å². The summed E-state index contributed by atoms with van der Waals surface area (Å²) in [6.07, 6.45) is 0.730. The molecule has 42 heavy (non-hydrogen) atoms. The van der Waals surface area contributed by atoms with Crippen molar-refractivity contribution in [3.8, 4) is 11.1 Å². The van der Waals surface area contributed by atoms with Crippen LogP contribution in [0.2, 0.25) is 0 Å². The van der Waals surface area contributed by atoms with Crippen LogP contribution < -0.4 is 5.73 Å². The van der Waals surface area contributed by atoms with Crippen LogP contribution in [0, 0.1) is 5.92 Å². The third kappa shape index (κ3) is 7.10. The average Bonchev–Trinajstić information content (AvgIpc) is 3.46. The van der Waals surface area contributed by atoms with Crippen LogP contribution in [0.4, 0.5) is 0 Å². The molecule has 3 N–H and O–H groups in total. The third-order valence-corrected chi connectivity index (χ3v) is 8.24. The molecule has 3 aromatic rings. The number of nitrogens with zero attached hydrogens (tertiary/aromatic N) is 1. The maximum Gasteiger partial charge on any atom is 0.323 e. The van der Waals surface area contributed by atoms with E-state index in [1.54, 1.807) is 0 Å². The number of rotatable bonds is 8. The van der Waals surface area contributed by atoms with Gasteiger partial charge in [-0.15, -0.1) is 0 Å². The number of likely N-dealkylation sites (tertiary alicyclic amines) is 1. The summed E-state index contributed by atoms with van der Waals surface area (Å²) in [7, 11) is 0. The molecule has 0 saturated carbocycles. The molecule has 3 aromatic carbocycles. The summed E-state index contributed by atoms with van der Waals surface area (Å²) in [6.45, 7) is 9.79. The molecule has 0 spiro atoms. The van der Waals surface area contributed by atoms with Crippen molar-refractivity contribution in [3.05, 3.63) is 95.1 Å². The summed E-state index contributed by atoms with van der Waals surface area (Å²) in [5.74, 6) is -0.148. The number of nitrogens with two attached hydrogens (primary N) is 1. The monoisotopic (exact) mass is 572 g/mol. The molecule has 0 radical (unpaired) electrons. The average molecular weight is 573 g/mol. The Labute approximate surface area is 249 Å². The van der Waals surface area contributed by atoms with Gasteiger partial charge in [-0.05, 0) is 80.1 Å². The van der Waals surface area contributed by atoms with Gasteiger partial charge in [-0.1, -0.05) is 67.6 Å². The van der Waals surface area contributed by atoms with E-state index in [4.69, 9.17) is 19.9 Å². The summed E-state index contributed by atoms with van der Waals surface area (Å²) >= 11 is 0. The SMILES string of the molecule is C[C@H]1[C@@H](CN2CCC[C@H]2C(=O)OC(C)(C)C)O[C@@H](c2cccc(-c3cccc(CN)c3)c2)O[C@H]1c1ccc(CO)cc1. The maximum absolute atomic E-state index is 13.1. The molecule has 0 bridgehead atoms. The Bertz CT molecular complexity index is 1350. The van der Waals surface area contributed by atoms with Gasteiger partial charge in [0.15, 0.2) is 6.29 Å². The highest BCUT2D eigenvalue weighted by Gasteiger charge is 2.42. The van der Waals surface area contributed by atoms with Crippen LogP contribution in [-0.4, -0.2) is 46.8 Å². The van der Waals surface area contributed by atoms with E-state index in [1.807, 2.05) is 69.3 Å². The van der Waals surface area contributed by atoms with E-state index in [0.29, 0.717) is 13.1 Å². The highest BCUT2D eigenvalue weighted by Crippen LogP contribution is 2.43. The molecule has 5 rings (SSSR count). The summed E-state index contributed by atoms with van der Waals surface area (Å²) in [5.41, 5.74) is 11.4. The first-order chi connectivity index (χ1) is 20.1. The number of hydrogen-bond donors (Lipinski definition) is 2. The minimum absolute atomic E-state index is 0.00508. The van der Waals surface area contributed by atoms with Crippen molar-refractivity contribution in [1.82, 2.24) is 4.90 Å². The van der Waals surface area contributed by atoms with Crippen molar-refractivity contribution in [2.75, 3.05) is 13.1 Å². The van der Waals surface area contributed by atoms with Crippen molar-refractivity contribution in [1.29, 1.82) is 0 Å². The van der Waals surface area contributed by atoms with Crippen molar-refractivity contribution in [2.24, 2.45) is 11.7 Å². The van der Waals surface area contributed by atoms with E-state index in [-0.39, 0.29) is 36.7 Å². The molecule has 2 aliphatic heterocycles. The van der Waals surface area contributed by atoms with Crippen molar-refractivity contribution in [3.63, 3.8) is 0 Å². The van der Waals surface area contributed by atoms with Crippen molar-refractivity contribution in [2.45, 2.75) is 83.8 Å². The fraction of sp³-hybridized carbons (Fsp3) is 0.457. The Balaban J connectivity index is 1.43. The lowest BCUT2D eigenvalue weighted by Gasteiger charge is -2.43. The number of aliphatic hydroxyl groups is 1. The highest BCUT2D eigenvalue weighted by atomic mass is 16.7. The lowest BCUT2D eigenvalue weighted by Crippen LogP contribution is -2.48. The molecular weight excluding hydrogens is 528 g/mol. The quantitative estimate of drug-likeness (QED) is 0.325. The first-order valence-electron chi connectivity index (χ1n) is 15.0. The number of carbonyl (C=O) groups is 1. The number of aliphatic hydroxyl groups excluding tert-OH is 1. The Morgan fingerprint density at radius 3 is 2.38 bits per heavy atom. The summed E-state index contributed by atoms with van der Waals surface area (Å²) in [4.78, 5) is 15.3. The Hall–Kier alpha value is -3.07. The highest BCUT2D eigenvalue weighted by molar-refractivity contribution is 5.76. The Morgan fingerprint density at radius 2 is 1.69 bits per heavy atom. The number of carbonyl (C=O) groups excluding carboxylic acids is 1. The molecule has 2 saturated heterocycles. The van der Waals surface area contributed by atoms with Gasteiger partial charge in [0.2, 0.25) is 0 Å². The van der Waals surface area contributed by atoms with Gasteiger partial charge in [0, 0.05) is 24.6 Å². The minimum Gasteiger partial charge on any atom is -0.459 e. The number of esters is 1. The van der Waals surface area contributed by atoms with E-state index >= 15 is 0 Å². The number of hydrogen-bond acceptors (Lipinski definition) is 7. The molecule has 7 nitrogen and oxygen atoms in total. The van der Waals surface area contributed by atoms with Gasteiger partial charge >= 0.3 is 5.97 Å². The standard InChI is InChI=1S/C35H44N2O5/c1-23-31(21-37-17-7-12-30(37)33(39)42-35(2,3)4)40-34(41-32(23)26-15-13-24(22-38)14-16-26)29-11-6-10-28(19-29)27-9-5-8-25(18-27)20-36/h5-6,8-11,13-16,18-19,23,30-32,34,38H,7,12,17,20-22,36H2,1-4H3/t23-,30-,31+,32+,34+/m0/s1. The summed E-state index contributed by atoms with van der Waals surface area (Å²) in [6, 6.07) is 24.2. The molecule has 0 aromatic heterocycles. The molecule has 7 heteroatoms. The second kappa shape index (κ2) is 13.1. The molecular formula is C35H44N2O5. The smallest absolute Gasteiger partial charge is 0.323 e. The molecule has 0 unspecified atom stereocenters. The first-order valence-corrected chi connectivity index (χ1v) is 15.0. The van der Waals surface area contributed by atoms with Crippen molar-refractivity contribution < 1.29 is 24.1 Å². The molecule has 2 fully saturated rings. The molecule has 224 valence electrons. The minimum atomic E-state index is -0.589. The van der Waals surface area contributed by atoms with E-state index in [0.717, 1.165) is 52.8 Å². The van der Waals surface area contributed by atoms with Crippen LogP contribution in [0.25, 0.3) is 11.1 Å². The van der Waals surface area contributed by atoms with Gasteiger partial charge in [-0.3, -0.25) is 9.69 Å². The Morgan fingerprint density at radius 1 is 0.976 bits per heavy atom. The predicted molar refractivity (Wildman–Crippen MR) is 163 cm³/mol. The lowest BCUT2D eigenvalue weighted by molar-refractivity contribution is -0.276. The predicted octanol–water partition coefficient (Wildman–Crippen LogP) is 5.90. The Kier molecular flexibility index (Phi) is 9.45. The fourth-order valence-corrected chi connectivity index (χ4v) is 5.98. The zero-order chi connectivity index (χ0) is 29.9. The van der Waals surface area contributed by atoms with E-state index < -0.39 is 11.9 Å². The van der Waals surface area contributed by atoms with Gasteiger partial charge in [0.05, 0.1) is 18.8 Å². The largest absolute Gasteiger partial charge is 0.459 e. The first kappa shape index (κ1) is 30.4. The lowest BCUT2D eigenvalue weighted by atomic mass is 9.89. The zero-order valence-corrected chi connectivity index (χ0v) is 25.2. The fourth-order valence-electron chi connectivity index (χ4n) is 5.98. The molecule has 0 amide bonds. The zero-order valence-electron chi connectivity index (χ0n) is 25.2. The second-order valence-corrected chi connectivity index (χ2v) is 12.5. The van der Waals surface area contributed by atoms with E-state index in [2.05, 4.69) is 36.1 Å². The van der Waals surface area contributed by atoms with Crippen LogP contribution in [0.3, 0.4) is 0 Å². The van der Waals surface area contributed by atoms with Gasteiger partial charge in [0.1, 0.15) is 11.6 Å². The number of ether oxygens (including phenoxy) is 3. The number of benzene rings is 3. The van der Waals surface area contributed by atoms with E-state index in [1.165, 1.54) is 0 Å². The van der Waals surface area contributed by atoms with Crippen LogP contribution in [-0.2, 0) is 32.2 Å². The summed E-state index contributed by atoms with van der Waals surface area (Å²) < 4.78 is 19.2. The topological polar surface area (TPSA) is 94.3 Å². The van der Waals surface area contributed by atoms with Crippen LogP contribution in [0.15, 0.2) is 72.8 Å². The molecule has 5 atom stereocenters. The molecule has 2 heterocycles. The van der Waals surface area contributed by atoms with Gasteiger partial charge in [0.25, 0.3) is 0 Å². The van der Waals surface area contributed by atoms with E-state index in [9.17, 15) is 9.90 Å². The maximum atomic E-state index is 13.1. The van der Waals surface area contributed by atoms with Gasteiger partial charge in [-0.25, -0.2) is 0 Å². The van der Waals surface area contributed by atoms with Crippen LogP contribution in [0.5, 0.6) is 0 Å². The van der Waals surface area contributed by atoms with Crippen molar-refractivity contribution >= 4 is 5.97 Å². The van der Waals surface area contributed by atoms with Gasteiger partial charge < -0.3 is 25.1 Å². The third-order valence-electron chi connectivity index (χ3n) is 8.24. The van der Waals surface area contributed by atoms with Crippen LogP contribution >= 0.6 is 0 Å². The molecule has 0 aliphatic carbocycles.